The van der Waals surface area contributed by atoms with E-state index in [0.717, 1.165) is 55.5 Å². The number of phenolic OH excluding ortho intramolecular Hbond substituents is 1. The van der Waals surface area contributed by atoms with Gasteiger partial charge in [0, 0.05) is 77.1 Å². The molecule has 2 amide bonds. The highest BCUT2D eigenvalue weighted by molar-refractivity contribution is 6.39. The van der Waals surface area contributed by atoms with E-state index in [4.69, 9.17) is 43.9 Å². The molecule has 5 aromatic rings. The maximum absolute atomic E-state index is 17.3. The number of likely N-dealkylation sites (tertiary alicyclic amines) is 3. The summed E-state index contributed by atoms with van der Waals surface area (Å²) in [5, 5.41) is 23.5. The van der Waals surface area contributed by atoms with Gasteiger partial charge in [-0.25, -0.2) is 13.8 Å². The average molecular weight is 1100 g/mol. The molecule has 4 aromatic carbocycles. The summed E-state index contributed by atoms with van der Waals surface area (Å²) in [6.45, 7) is 14.2. The number of piperazine rings is 1. The summed E-state index contributed by atoms with van der Waals surface area (Å²) in [6, 6.07) is 19.9. The lowest BCUT2D eigenvalue weighted by Crippen LogP contribution is -2.50. The minimum atomic E-state index is -0.740. The highest BCUT2D eigenvalue weighted by Gasteiger charge is 2.41. The van der Waals surface area contributed by atoms with Crippen LogP contribution >= 0.6 is 23.2 Å². The third-order valence-corrected chi connectivity index (χ3v) is 16.4. The van der Waals surface area contributed by atoms with Crippen molar-refractivity contribution in [3.63, 3.8) is 0 Å². The molecule has 6 heterocycles. The van der Waals surface area contributed by atoms with Crippen LogP contribution in [0, 0.1) is 30.0 Å². The number of carbonyl (C=O) groups is 2. The minimum Gasteiger partial charge on any atom is -0.508 e. The molecule has 0 radical (unpaired) electrons. The quantitative estimate of drug-likeness (QED) is 0.0645. The molecule has 1 aromatic heterocycles. The fraction of sp³-hybridized carbons (Fsp3) is 0.400. The van der Waals surface area contributed by atoms with E-state index in [-0.39, 0.29) is 82.0 Å². The zero-order chi connectivity index (χ0) is 54.8. The third-order valence-electron chi connectivity index (χ3n) is 15.8. The van der Waals surface area contributed by atoms with Crippen molar-refractivity contribution in [2.45, 2.75) is 89.4 Å². The van der Waals surface area contributed by atoms with E-state index < -0.39 is 23.6 Å². The van der Waals surface area contributed by atoms with E-state index in [1.165, 1.54) is 30.5 Å². The zero-order valence-electron chi connectivity index (χ0n) is 44.0. The average Bonchev–Trinajstić information content (AvgIpc) is 4.20. The Morgan fingerprint density at radius 3 is 2.41 bits per heavy atom. The van der Waals surface area contributed by atoms with Gasteiger partial charge >= 0.3 is 0 Å². The highest BCUT2D eigenvalue weighted by Crippen LogP contribution is 2.40. The molecule has 5 aliphatic heterocycles. The molecule has 4 saturated heterocycles. The van der Waals surface area contributed by atoms with Crippen molar-refractivity contribution < 1.29 is 32.7 Å². The molecule has 406 valence electrons. The number of benzene rings is 4. The monoisotopic (exact) mass is 1100 g/mol. The Bertz CT molecular complexity index is 3260. The van der Waals surface area contributed by atoms with Crippen molar-refractivity contribution in [2.75, 3.05) is 52.4 Å². The van der Waals surface area contributed by atoms with Gasteiger partial charge in [-0.05, 0) is 129 Å². The van der Waals surface area contributed by atoms with Crippen LogP contribution in [0.2, 0.25) is 10.0 Å². The predicted octanol–water partition coefficient (Wildman–Crippen LogP) is 10.5. The van der Waals surface area contributed by atoms with Crippen LogP contribution in [0.1, 0.15) is 93.7 Å². The Balaban J connectivity index is 0.763. The number of fused-ring (bicyclic) bond motifs is 3. The Labute approximate surface area is 463 Å². The Morgan fingerprint density at radius 2 is 1.72 bits per heavy atom. The Kier molecular flexibility index (Phi) is 16.5. The molecule has 3 N–H and O–H groups in total. The van der Waals surface area contributed by atoms with Crippen molar-refractivity contribution in [3.05, 3.63) is 128 Å². The lowest BCUT2D eigenvalue weighted by atomic mass is 9.91. The number of ether oxygens (including phenoxy) is 1. The number of amides is 2. The van der Waals surface area contributed by atoms with Gasteiger partial charge in [0.25, 0.3) is 5.88 Å². The summed E-state index contributed by atoms with van der Waals surface area (Å²) in [5.41, 5.74) is 2.93. The third kappa shape index (κ3) is 11.3. The highest BCUT2D eigenvalue weighted by atomic mass is 35.5. The number of allylic oxidation sites excluding steroid dienone is 2. The van der Waals surface area contributed by atoms with Gasteiger partial charge in [-0.15, -0.1) is 6.42 Å². The van der Waals surface area contributed by atoms with E-state index in [2.05, 4.69) is 48.2 Å². The molecule has 0 aliphatic carbocycles. The number of hydrogen-bond acceptors (Lipinski definition) is 12. The second kappa shape index (κ2) is 23.6. The Hall–Kier alpha value is -6.90. The summed E-state index contributed by atoms with van der Waals surface area (Å²) in [7, 11) is 0. The molecule has 5 aliphatic rings. The first-order valence-corrected chi connectivity index (χ1v) is 27.5. The molecule has 0 spiro atoms. The SMILES string of the molecule is C#Cc1c(F)ccc2cc(O)cc(C3=C(F)C(=NCCN4CCC(COc5cc(C(C(=O)N6CCCC6C(=O)NC(C)c6ccc(-c7c(Cl)cccc7Cl)cc6)C(C)C)on5)CC4)/C(=C(\N=C)N4CC5CCC(C4)N5)C=N3)c12. The van der Waals surface area contributed by atoms with Crippen molar-refractivity contribution >= 4 is 70.1 Å². The predicted molar refractivity (Wildman–Crippen MR) is 302 cm³/mol. The Morgan fingerprint density at radius 1 is 0.987 bits per heavy atom. The van der Waals surface area contributed by atoms with E-state index in [9.17, 15) is 14.7 Å². The number of aromatic hydroxyl groups is 1. The summed E-state index contributed by atoms with van der Waals surface area (Å²) in [5.74, 6) is 1.03. The van der Waals surface area contributed by atoms with Gasteiger partial charge in [0.15, 0.2) is 11.6 Å². The molecule has 18 heteroatoms. The standard InChI is InChI=1S/C60H63Cl2F2N9O5/c1-6-43-48(63)19-16-39-27-42(74)28-44(53(39)43)56-55(64)57(45(30-67-56)58(65-5)72-31-40-17-18-41(32-72)69-40)66-22-26-71-24-20-36(21-25-71)33-77-51-29-50(78-70-51)52(34(2)3)60(76)73-23-8-11-49(73)59(75)68-35(4)37-12-14-38(15-13-37)54-46(61)9-7-10-47(54)62/h1,7,9-10,12-16,19,27-30,34-36,40-41,49,52,69,74H,5,8,11,17-18,20-26,31-33H2,2-4H3,(H,68,75)/b58-45+,66-57?. The molecule has 2 bridgehead atoms. The van der Waals surface area contributed by atoms with Gasteiger partial charge in [0.05, 0.1) is 30.3 Å². The molecule has 5 unspecified atom stereocenters. The van der Waals surface area contributed by atoms with Crippen molar-refractivity contribution in [1.29, 1.82) is 0 Å². The van der Waals surface area contributed by atoms with Gasteiger partial charge in [-0.2, -0.15) is 0 Å². The van der Waals surface area contributed by atoms with Gasteiger partial charge in [0.1, 0.15) is 40.8 Å². The van der Waals surface area contributed by atoms with E-state index >= 15 is 8.78 Å². The van der Waals surface area contributed by atoms with Crippen LogP contribution in [0.4, 0.5) is 8.78 Å². The molecule has 14 nitrogen and oxygen atoms in total. The van der Waals surface area contributed by atoms with Gasteiger partial charge in [-0.3, -0.25) is 19.6 Å². The van der Waals surface area contributed by atoms with Crippen LogP contribution in [0.3, 0.4) is 0 Å². The fourth-order valence-corrected chi connectivity index (χ4v) is 12.4. The molecular weight excluding hydrogens is 1040 g/mol. The molecular formula is C60H63Cl2F2N9O5. The first kappa shape index (κ1) is 54.5. The van der Waals surface area contributed by atoms with E-state index in [0.29, 0.717) is 84.1 Å². The summed E-state index contributed by atoms with van der Waals surface area (Å²) in [6.07, 6.45) is 12.3. The molecule has 78 heavy (non-hydrogen) atoms. The van der Waals surface area contributed by atoms with Crippen LogP contribution in [0.15, 0.2) is 110 Å². The fourth-order valence-electron chi connectivity index (χ4n) is 11.8. The first-order chi connectivity index (χ1) is 37.7. The maximum Gasteiger partial charge on any atom is 0.254 e. The molecule has 10 rings (SSSR count). The number of hydrogen-bond donors (Lipinski definition) is 3. The molecule has 0 saturated carbocycles. The number of phenols is 1. The van der Waals surface area contributed by atoms with Crippen molar-refractivity contribution in [2.24, 2.45) is 26.8 Å². The number of aromatic nitrogens is 1. The number of carbonyl (C=O) groups excluding carboxylic acids is 2. The zero-order valence-corrected chi connectivity index (χ0v) is 45.5. The number of rotatable bonds is 16. The van der Waals surface area contributed by atoms with Crippen LogP contribution in [-0.4, -0.2) is 126 Å². The number of aliphatic imine (C=N–C) groups is 3. The smallest absolute Gasteiger partial charge is 0.254 e. The second-order valence-corrected chi connectivity index (χ2v) is 22.1. The van der Waals surface area contributed by atoms with Crippen LogP contribution in [0.5, 0.6) is 11.6 Å². The lowest BCUT2D eigenvalue weighted by Gasteiger charge is -2.35. The van der Waals surface area contributed by atoms with Crippen molar-refractivity contribution in [1.82, 2.24) is 30.5 Å². The number of nitrogens with one attached hydrogen (secondary N) is 2. The lowest BCUT2D eigenvalue weighted by molar-refractivity contribution is -0.141. The second-order valence-electron chi connectivity index (χ2n) is 21.3. The number of halogens is 4. The topological polar surface area (TPSA) is 160 Å². The molecule has 4 fully saturated rings. The van der Waals surface area contributed by atoms with Crippen LogP contribution in [-0.2, 0) is 9.59 Å². The molecule has 5 atom stereocenters. The van der Waals surface area contributed by atoms with Crippen LogP contribution in [0.25, 0.3) is 27.6 Å². The van der Waals surface area contributed by atoms with E-state index in [1.807, 2.05) is 45.0 Å². The summed E-state index contributed by atoms with van der Waals surface area (Å²) in [4.78, 5) is 48.1. The van der Waals surface area contributed by atoms with Gasteiger partial charge < -0.3 is 39.7 Å². The number of piperidine rings is 1. The normalized spacial score (nSPS) is 21.8. The van der Waals surface area contributed by atoms with Gasteiger partial charge in [-0.1, -0.05) is 79.4 Å². The van der Waals surface area contributed by atoms with Gasteiger partial charge in [0.2, 0.25) is 11.8 Å². The summed E-state index contributed by atoms with van der Waals surface area (Å²) >= 11 is 12.9. The van der Waals surface area contributed by atoms with Crippen molar-refractivity contribution in [3.8, 4) is 35.1 Å². The minimum absolute atomic E-state index is 0.0521. The first-order valence-electron chi connectivity index (χ1n) is 26.8. The maximum atomic E-state index is 17.3. The van der Waals surface area contributed by atoms with Crippen LogP contribution < -0.4 is 15.4 Å². The van der Waals surface area contributed by atoms with E-state index in [1.54, 1.807) is 29.2 Å². The summed E-state index contributed by atoms with van der Waals surface area (Å²) < 4.78 is 44.4. The number of nitrogens with zero attached hydrogens (tertiary/aromatic N) is 7. The largest absolute Gasteiger partial charge is 0.508 e. The number of terminal acetylenes is 1.